The zero-order valence-electron chi connectivity index (χ0n) is 16.2. The van der Waals surface area contributed by atoms with Crippen LogP contribution in [0.3, 0.4) is 0 Å². The fourth-order valence-electron chi connectivity index (χ4n) is 4.48. The molecule has 2 aliphatic rings. The Kier molecular flexibility index (Phi) is 4.84. The van der Waals surface area contributed by atoms with Crippen LogP contribution in [0.5, 0.6) is 0 Å². The molecule has 0 spiro atoms. The van der Waals surface area contributed by atoms with Gasteiger partial charge in [-0.15, -0.1) is 0 Å². The monoisotopic (exact) mass is 440 g/mol. The molecule has 0 atom stereocenters. The third-order valence-corrected chi connectivity index (χ3v) is 5.88. The van der Waals surface area contributed by atoms with E-state index in [0.29, 0.717) is 24.3 Å². The van der Waals surface area contributed by atoms with Crippen molar-refractivity contribution in [2.75, 3.05) is 6.54 Å². The number of hydrogen-bond donors (Lipinski definition) is 1. The summed E-state index contributed by atoms with van der Waals surface area (Å²) in [5, 5.41) is 4.54. The summed E-state index contributed by atoms with van der Waals surface area (Å²) in [5.41, 5.74) is 5.87. The molecule has 1 aromatic heterocycles. The SMILES string of the molecule is CC1(CC(=O)N2CCn3nc(-c4cc(F)cc(Cl)c4)c(C(N)=O)c3C2)CC(F)(F)C1. The topological polar surface area (TPSA) is 81.2 Å². The summed E-state index contributed by atoms with van der Waals surface area (Å²) in [6, 6.07) is 3.81. The van der Waals surface area contributed by atoms with Crippen LogP contribution >= 0.6 is 11.6 Å². The van der Waals surface area contributed by atoms with E-state index in [2.05, 4.69) is 5.10 Å². The molecule has 0 saturated heterocycles. The van der Waals surface area contributed by atoms with Crippen molar-refractivity contribution in [2.45, 2.75) is 45.2 Å². The van der Waals surface area contributed by atoms with E-state index in [4.69, 9.17) is 17.3 Å². The van der Waals surface area contributed by atoms with Gasteiger partial charge in [0, 0.05) is 36.4 Å². The first-order valence-electron chi connectivity index (χ1n) is 9.48. The minimum Gasteiger partial charge on any atom is -0.365 e. The first-order chi connectivity index (χ1) is 14.0. The number of primary amides is 1. The minimum atomic E-state index is -2.71. The third-order valence-electron chi connectivity index (χ3n) is 5.66. The zero-order valence-corrected chi connectivity index (χ0v) is 17.0. The minimum absolute atomic E-state index is 0.00892. The van der Waals surface area contributed by atoms with Crippen LogP contribution < -0.4 is 5.73 Å². The highest BCUT2D eigenvalue weighted by Crippen LogP contribution is 2.53. The largest absolute Gasteiger partial charge is 0.365 e. The highest BCUT2D eigenvalue weighted by Gasteiger charge is 2.54. The van der Waals surface area contributed by atoms with Crippen molar-refractivity contribution in [1.82, 2.24) is 14.7 Å². The number of nitrogens with two attached hydrogens (primary N) is 1. The van der Waals surface area contributed by atoms with Crippen molar-refractivity contribution >= 4 is 23.4 Å². The van der Waals surface area contributed by atoms with Gasteiger partial charge >= 0.3 is 0 Å². The maximum Gasteiger partial charge on any atom is 0.252 e. The van der Waals surface area contributed by atoms with Gasteiger partial charge in [-0.1, -0.05) is 18.5 Å². The number of aromatic nitrogens is 2. The molecule has 30 heavy (non-hydrogen) atoms. The zero-order chi connectivity index (χ0) is 21.8. The fourth-order valence-corrected chi connectivity index (χ4v) is 4.70. The van der Waals surface area contributed by atoms with Gasteiger partial charge in [0.2, 0.25) is 11.8 Å². The lowest BCUT2D eigenvalue weighted by Crippen LogP contribution is -2.48. The quantitative estimate of drug-likeness (QED) is 0.788. The Bertz CT molecular complexity index is 1020. The molecule has 10 heteroatoms. The summed E-state index contributed by atoms with van der Waals surface area (Å²) in [7, 11) is 0. The number of benzene rings is 1. The average Bonchev–Trinajstić information content (AvgIpc) is 2.97. The lowest BCUT2D eigenvalue weighted by atomic mass is 9.65. The summed E-state index contributed by atoms with van der Waals surface area (Å²) < 4.78 is 41.9. The van der Waals surface area contributed by atoms with Crippen molar-refractivity contribution in [1.29, 1.82) is 0 Å². The standard InChI is InChI=1S/C20H20ClF3N4O2/c1-19(9-20(23,24)10-19)7-15(29)27-2-3-28-14(8-27)16(18(25)30)17(26-28)11-4-12(21)6-13(22)5-11/h4-6H,2-3,7-10H2,1H3,(H2,25,30). The van der Waals surface area contributed by atoms with Crippen molar-refractivity contribution in [3.63, 3.8) is 0 Å². The van der Waals surface area contributed by atoms with Gasteiger partial charge in [0.1, 0.15) is 11.5 Å². The van der Waals surface area contributed by atoms with E-state index in [1.165, 1.54) is 17.0 Å². The highest BCUT2D eigenvalue weighted by molar-refractivity contribution is 6.30. The Balaban J connectivity index is 1.61. The Labute approximate surface area is 175 Å². The Morgan fingerprint density at radius 2 is 1.93 bits per heavy atom. The van der Waals surface area contributed by atoms with Crippen LogP contribution in [0.25, 0.3) is 11.3 Å². The van der Waals surface area contributed by atoms with Gasteiger partial charge in [0.05, 0.1) is 24.3 Å². The summed E-state index contributed by atoms with van der Waals surface area (Å²) in [6.07, 6.45) is -0.613. The highest BCUT2D eigenvalue weighted by atomic mass is 35.5. The molecule has 160 valence electrons. The number of alkyl halides is 2. The molecule has 0 radical (unpaired) electrons. The third kappa shape index (κ3) is 3.78. The predicted octanol–water partition coefficient (Wildman–Crippen LogP) is 3.61. The number of hydrogen-bond acceptors (Lipinski definition) is 3. The van der Waals surface area contributed by atoms with Gasteiger partial charge < -0.3 is 10.6 Å². The second kappa shape index (κ2) is 7.01. The molecule has 1 fully saturated rings. The van der Waals surface area contributed by atoms with E-state index in [9.17, 15) is 22.8 Å². The van der Waals surface area contributed by atoms with Gasteiger partial charge in [-0.25, -0.2) is 13.2 Å². The van der Waals surface area contributed by atoms with Crippen molar-refractivity contribution < 1.29 is 22.8 Å². The molecule has 4 rings (SSSR count). The Hall–Kier alpha value is -2.55. The maximum absolute atomic E-state index is 13.8. The van der Waals surface area contributed by atoms with Crippen molar-refractivity contribution in [3.05, 3.63) is 40.3 Å². The molecular weight excluding hydrogens is 421 g/mol. The summed E-state index contributed by atoms with van der Waals surface area (Å²) in [4.78, 5) is 26.4. The molecule has 1 aliphatic carbocycles. The van der Waals surface area contributed by atoms with E-state index in [1.807, 2.05) is 0 Å². The predicted molar refractivity (Wildman–Crippen MR) is 103 cm³/mol. The number of carbonyl (C=O) groups excluding carboxylic acids is 2. The molecule has 2 N–H and O–H groups in total. The Morgan fingerprint density at radius 3 is 2.53 bits per heavy atom. The lowest BCUT2D eigenvalue weighted by molar-refractivity contribution is -0.166. The first-order valence-corrected chi connectivity index (χ1v) is 9.86. The molecular formula is C20H20ClF3N4O2. The normalized spacial score (nSPS) is 19.2. The van der Waals surface area contributed by atoms with Gasteiger partial charge in [0.25, 0.3) is 5.91 Å². The number of nitrogens with zero attached hydrogens (tertiary/aromatic N) is 3. The maximum atomic E-state index is 13.8. The smallest absolute Gasteiger partial charge is 0.252 e. The number of carbonyl (C=O) groups is 2. The van der Waals surface area contributed by atoms with Crippen LogP contribution in [0.15, 0.2) is 18.2 Å². The molecule has 0 bridgehead atoms. The van der Waals surface area contributed by atoms with Gasteiger partial charge in [-0.2, -0.15) is 5.10 Å². The number of halogens is 4. The molecule has 2 aromatic rings. The lowest BCUT2D eigenvalue weighted by Gasteiger charge is -2.45. The fraction of sp³-hybridized carbons (Fsp3) is 0.450. The van der Waals surface area contributed by atoms with Crippen molar-refractivity contribution in [3.8, 4) is 11.3 Å². The average molecular weight is 441 g/mol. The summed E-state index contributed by atoms with van der Waals surface area (Å²) in [5.74, 6) is -4.31. The van der Waals surface area contributed by atoms with E-state index in [0.717, 1.165) is 6.07 Å². The van der Waals surface area contributed by atoms with Gasteiger partial charge in [-0.05, 0) is 23.6 Å². The van der Waals surface area contributed by atoms with Crippen LogP contribution in [0, 0.1) is 11.2 Å². The molecule has 0 unspecified atom stereocenters. The molecule has 2 amide bonds. The van der Waals surface area contributed by atoms with Crippen LogP contribution in [-0.4, -0.2) is 39.0 Å². The van der Waals surface area contributed by atoms with Crippen LogP contribution in [0.4, 0.5) is 13.2 Å². The number of fused-ring (bicyclic) bond motifs is 1. The summed E-state index contributed by atoms with van der Waals surface area (Å²) in [6.45, 7) is 2.37. The second-order valence-corrected chi connectivity index (χ2v) is 8.86. The van der Waals surface area contributed by atoms with E-state index >= 15 is 0 Å². The molecule has 1 aliphatic heterocycles. The Morgan fingerprint density at radius 1 is 1.23 bits per heavy atom. The van der Waals surface area contributed by atoms with Gasteiger partial charge in [0.15, 0.2) is 0 Å². The van der Waals surface area contributed by atoms with E-state index in [-0.39, 0.29) is 48.0 Å². The molecule has 2 heterocycles. The van der Waals surface area contributed by atoms with Crippen LogP contribution in [0.1, 0.15) is 42.2 Å². The molecule has 1 saturated carbocycles. The van der Waals surface area contributed by atoms with Crippen LogP contribution in [-0.2, 0) is 17.9 Å². The van der Waals surface area contributed by atoms with E-state index in [1.54, 1.807) is 11.6 Å². The summed E-state index contributed by atoms with van der Waals surface area (Å²) >= 11 is 5.93. The van der Waals surface area contributed by atoms with Gasteiger partial charge in [-0.3, -0.25) is 14.3 Å². The second-order valence-electron chi connectivity index (χ2n) is 8.43. The van der Waals surface area contributed by atoms with Crippen LogP contribution in [0.2, 0.25) is 5.02 Å². The van der Waals surface area contributed by atoms with E-state index < -0.39 is 23.1 Å². The molecule has 1 aromatic carbocycles. The number of amides is 2. The first kappa shape index (κ1) is 20.7. The van der Waals surface area contributed by atoms with Crippen molar-refractivity contribution in [2.24, 2.45) is 11.1 Å². The molecule has 6 nitrogen and oxygen atoms in total. The number of rotatable bonds is 4.